The van der Waals surface area contributed by atoms with Crippen LogP contribution >= 0.6 is 46.1 Å². The van der Waals surface area contributed by atoms with Crippen LogP contribution in [0, 0.1) is 0 Å². The van der Waals surface area contributed by atoms with E-state index in [1.807, 2.05) is 17.5 Å². The van der Waals surface area contributed by atoms with Crippen molar-refractivity contribution in [2.75, 3.05) is 0 Å². The molecule has 2 heterocycles. The van der Waals surface area contributed by atoms with Gasteiger partial charge in [-0.15, -0.1) is 11.3 Å². The van der Waals surface area contributed by atoms with E-state index in [0.29, 0.717) is 10.7 Å². The molecule has 112 valence electrons. The summed E-state index contributed by atoms with van der Waals surface area (Å²) in [4.78, 5) is 12.3. The van der Waals surface area contributed by atoms with Gasteiger partial charge < -0.3 is 5.11 Å². The fraction of sp³-hybridized carbons (Fsp3) is 0. The number of aromatic carboxylic acids is 1. The maximum Gasteiger partial charge on any atom is 0.354 e. The number of hydrogen-bond donors (Lipinski definition) is 1. The van der Waals surface area contributed by atoms with Crippen LogP contribution < -0.4 is 0 Å². The highest BCUT2D eigenvalue weighted by molar-refractivity contribution is 7.13. The third kappa shape index (κ3) is 2.73. The van der Waals surface area contributed by atoms with Gasteiger partial charge in [0.25, 0.3) is 0 Å². The smallest absolute Gasteiger partial charge is 0.354 e. The topological polar surface area (TPSA) is 55.1 Å². The van der Waals surface area contributed by atoms with Crippen LogP contribution in [0.5, 0.6) is 0 Å². The Labute approximate surface area is 144 Å². The van der Waals surface area contributed by atoms with Gasteiger partial charge in [0, 0.05) is 11.1 Å². The Morgan fingerprint density at radius 3 is 2.41 bits per heavy atom. The van der Waals surface area contributed by atoms with Gasteiger partial charge >= 0.3 is 5.97 Å². The van der Waals surface area contributed by atoms with Gasteiger partial charge in [-0.3, -0.25) is 0 Å². The van der Waals surface area contributed by atoms with E-state index in [1.54, 1.807) is 0 Å². The predicted molar refractivity (Wildman–Crippen MR) is 88.9 cm³/mol. The summed E-state index contributed by atoms with van der Waals surface area (Å²) in [6.07, 6.45) is 0. The van der Waals surface area contributed by atoms with Gasteiger partial charge in [-0.05, 0) is 23.6 Å². The molecule has 1 N–H and O–H groups in total. The van der Waals surface area contributed by atoms with Crippen molar-refractivity contribution in [1.29, 1.82) is 0 Å². The molecule has 0 amide bonds. The third-order valence-electron chi connectivity index (χ3n) is 2.90. The van der Waals surface area contributed by atoms with Crippen LogP contribution in [0.25, 0.3) is 16.3 Å². The van der Waals surface area contributed by atoms with Gasteiger partial charge in [-0.1, -0.05) is 40.9 Å². The Kier molecular flexibility index (Phi) is 4.14. The third-order valence-corrected chi connectivity index (χ3v) is 4.58. The van der Waals surface area contributed by atoms with Gasteiger partial charge in [-0.25, -0.2) is 9.48 Å². The molecule has 0 aliphatic rings. The molecule has 8 heteroatoms. The molecule has 0 aliphatic carbocycles. The molecule has 0 fully saturated rings. The van der Waals surface area contributed by atoms with Crippen molar-refractivity contribution < 1.29 is 9.90 Å². The molecule has 0 radical (unpaired) electrons. The van der Waals surface area contributed by atoms with Crippen molar-refractivity contribution in [2.45, 2.75) is 0 Å². The first-order valence-electron chi connectivity index (χ1n) is 5.99. The molecule has 0 spiro atoms. The van der Waals surface area contributed by atoms with Crippen molar-refractivity contribution in [2.24, 2.45) is 0 Å². The van der Waals surface area contributed by atoms with Gasteiger partial charge in [-0.2, -0.15) is 5.10 Å². The number of carboxylic acids is 1. The largest absolute Gasteiger partial charge is 0.477 e. The molecule has 0 bridgehead atoms. The Morgan fingerprint density at radius 2 is 1.86 bits per heavy atom. The summed E-state index contributed by atoms with van der Waals surface area (Å²) in [5.41, 5.74) is 0.789. The summed E-state index contributed by atoms with van der Waals surface area (Å²) >= 11 is 19.7. The van der Waals surface area contributed by atoms with E-state index in [-0.39, 0.29) is 21.4 Å². The fourth-order valence-electron chi connectivity index (χ4n) is 1.99. The average Bonchev–Trinajstić information content (AvgIpc) is 3.05. The number of halogens is 3. The number of hydrogen-bond acceptors (Lipinski definition) is 3. The summed E-state index contributed by atoms with van der Waals surface area (Å²) in [5.74, 6) is -1.13. The molecule has 0 unspecified atom stereocenters. The second-order valence-electron chi connectivity index (χ2n) is 4.33. The van der Waals surface area contributed by atoms with Gasteiger partial charge in [0.2, 0.25) is 0 Å². The standard InChI is InChI=1S/C14H7Cl3N2O2S/c15-7-4-8(16)13(9(17)5-7)19-11(14(20)21)6-10(18-19)12-2-1-3-22-12/h1-6H,(H,20,21). The molecule has 1 aromatic carbocycles. The minimum absolute atomic E-state index is 0.0328. The van der Waals surface area contributed by atoms with E-state index in [2.05, 4.69) is 5.10 Å². The second kappa shape index (κ2) is 5.93. The van der Waals surface area contributed by atoms with Crippen molar-refractivity contribution in [3.05, 3.63) is 56.5 Å². The summed E-state index contributed by atoms with van der Waals surface area (Å²) in [6, 6.07) is 8.18. The van der Waals surface area contributed by atoms with Crippen molar-refractivity contribution >= 4 is 52.1 Å². The summed E-state index contributed by atoms with van der Waals surface area (Å²) < 4.78 is 1.22. The quantitative estimate of drug-likeness (QED) is 0.681. The van der Waals surface area contributed by atoms with Crippen LogP contribution in [0.2, 0.25) is 15.1 Å². The summed E-state index contributed by atoms with van der Waals surface area (Å²) in [5, 5.41) is 16.4. The van der Waals surface area contributed by atoms with Crippen molar-refractivity contribution in [3.63, 3.8) is 0 Å². The van der Waals surface area contributed by atoms with Gasteiger partial charge in [0.05, 0.1) is 14.9 Å². The number of carbonyl (C=O) groups is 1. The molecule has 4 nitrogen and oxygen atoms in total. The summed E-state index contributed by atoms with van der Waals surface area (Å²) in [6.45, 7) is 0. The van der Waals surface area contributed by atoms with E-state index < -0.39 is 5.97 Å². The lowest BCUT2D eigenvalue weighted by Crippen LogP contribution is -2.09. The minimum Gasteiger partial charge on any atom is -0.477 e. The highest BCUT2D eigenvalue weighted by Crippen LogP contribution is 2.34. The van der Waals surface area contributed by atoms with E-state index in [4.69, 9.17) is 34.8 Å². The number of nitrogens with zero attached hydrogens (tertiary/aromatic N) is 2. The molecule has 0 aliphatic heterocycles. The van der Waals surface area contributed by atoms with Crippen molar-refractivity contribution in [3.8, 4) is 16.3 Å². The van der Waals surface area contributed by atoms with E-state index >= 15 is 0 Å². The molecular weight excluding hydrogens is 367 g/mol. The maximum atomic E-state index is 11.5. The lowest BCUT2D eigenvalue weighted by atomic mass is 10.3. The Balaban J connectivity index is 2.25. The maximum absolute atomic E-state index is 11.5. The highest BCUT2D eigenvalue weighted by Gasteiger charge is 2.21. The number of aromatic nitrogens is 2. The molecular formula is C14H7Cl3N2O2S. The molecule has 3 aromatic rings. The van der Waals surface area contributed by atoms with Gasteiger partial charge in [0.1, 0.15) is 11.4 Å². The Bertz CT molecular complexity index is 836. The zero-order valence-corrected chi connectivity index (χ0v) is 13.8. The molecule has 3 rings (SSSR count). The van der Waals surface area contributed by atoms with Crippen LogP contribution in [0.1, 0.15) is 10.5 Å². The highest BCUT2D eigenvalue weighted by atomic mass is 35.5. The van der Waals surface area contributed by atoms with E-state index in [9.17, 15) is 9.90 Å². The molecule has 2 aromatic heterocycles. The summed E-state index contributed by atoms with van der Waals surface area (Å²) in [7, 11) is 0. The average molecular weight is 374 g/mol. The number of rotatable bonds is 3. The van der Waals surface area contributed by atoms with Crippen LogP contribution in [-0.2, 0) is 0 Å². The zero-order valence-electron chi connectivity index (χ0n) is 10.8. The number of benzene rings is 1. The van der Waals surface area contributed by atoms with E-state index in [1.165, 1.54) is 34.2 Å². The van der Waals surface area contributed by atoms with E-state index in [0.717, 1.165) is 4.88 Å². The van der Waals surface area contributed by atoms with Gasteiger partial charge in [0.15, 0.2) is 5.69 Å². The molecule has 0 saturated heterocycles. The first kappa shape index (κ1) is 15.4. The second-order valence-corrected chi connectivity index (χ2v) is 6.53. The Morgan fingerprint density at radius 1 is 1.18 bits per heavy atom. The Hall–Kier alpha value is -1.53. The van der Waals surface area contributed by atoms with Crippen LogP contribution in [0.4, 0.5) is 0 Å². The van der Waals surface area contributed by atoms with Crippen LogP contribution in [0.15, 0.2) is 35.7 Å². The van der Waals surface area contributed by atoms with Crippen molar-refractivity contribution in [1.82, 2.24) is 9.78 Å². The number of carboxylic acid groups (broad SMARTS) is 1. The van der Waals surface area contributed by atoms with Crippen LogP contribution in [0.3, 0.4) is 0 Å². The number of thiophene rings is 1. The molecule has 22 heavy (non-hydrogen) atoms. The predicted octanol–water partition coefficient (Wildman–Crippen LogP) is 5.26. The minimum atomic E-state index is -1.13. The monoisotopic (exact) mass is 372 g/mol. The molecule has 0 atom stereocenters. The zero-order chi connectivity index (χ0) is 15.9. The SMILES string of the molecule is O=C(O)c1cc(-c2cccs2)nn1-c1c(Cl)cc(Cl)cc1Cl. The first-order chi connectivity index (χ1) is 10.5. The molecule has 0 saturated carbocycles. The fourth-order valence-corrected chi connectivity index (χ4v) is 3.64. The lowest BCUT2D eigenvalue weighted by molar-refractivity contribution is 0.0687. The first-order valence-corrected chi connectivity index (χ1v) is 8.01. The normalized spacial score (nSPS) is 10.9. The lowest BCUT2D eigenvalue weighted by Gasteiger charge is -2.09. The van der Waals surface area contributed by atoms with Crippen LogP contribution in [-0.4, -0.2) is 20.9 Å².